The molecule has 1 heterocycles. The molecule has 1 saturated heterocycles. The van der Waals surface area contributed by atoms with E-state index in [1.165, 1.54) is 43.4 Å². The van der Waals surface area contributed by atoms with Crippen molar-refractivity contribution in [3.63, 3.8) is 0 Å². The Balaban J connectivity index is 1.51. The maximum Gasteiger partial charge on any atom is 0.270 e. The summed E-state index contributed by atoms with van der Waals surface area (Å²) in [6.45, 7) is 15.1. The van der Waals surface area contributed by atoms with Crippen molar-refractivity contribution >= 4 is 15.8 Å². The molecule has 3 fully saturated rings. The smallest absolute Gasteiger partial charge is 0.270 e. The van der Waals surface area contributed by atoms with E-state index in [1.54, 1.807) is 0 Å². The standard InChI is InChI=1S/C26H42N2O3S/c1-25(2)17-22(18-26(3,4)20-25)23-7-5-6-8-24(23)27-11-13-28(14-12-27,19-21-9-10-21)15-16-32(29,30)31/h5-8,21-22H,9-20H2,1-4H3/p+1. The van der Waals surface area contributed by atoms with E-state index in [9.17, 15) is 13.0 Å². The molecule has 0 atom stereocenters. The molecule has 1 N–H and O–H groups in total. The molecule has 2 saturated carbocycles. The average Bonchev–Trinajstić information content (AvgIpc) is 3.48. The van der Waals surface area contributed by atoms with Gasteiger partial charge in [0.05, 0.1) is 39.3 Å². The van der Waals surface area contributed by atoms with Gasteiger partial charge in [-0.2, -0.15) is 8.42 Å². The van der Waals surface area contributed by atoms with E-state index in [1.807, 2.05) is 0 Å². The van der Waals surface area contributed by atoms with Gasteiger partial charge in [0.15, 0.2) is 0 Å². The number of rotatable bonds is 7. The lowest BCUT2D eigenvalue weighted by Gasteiger charge is -2.48. The van der Waals surface area contributed by atoms with Crippen molar-refractivity contribution in [3.8, 4) is 0 Å². The zero-order valence-corrected chi connectivity index (χ0v) is 21.3. The van der Waals surface area contributed by atoms with Gasteiger partial charge in [0.1, 0.15) is 5.75 Å². The first-order valence-corrected chi connectivity index (χ1v) is 14.1. The third kappa shape index (κ3) is 6.06. The summed E-state index contributed by atoms with van der Waals surface area (Å²) >= 11 is 0. The van der Waals surface area contributed by atoms with Crippen molar-refractivity contribution in [1.82, 2.24) is 0 Å². The Bertz CT molecular complexity index is 897. The van der Waals surface area contributed by atoms with Crippen molar-refractivity contribution in [3.05, 3.63) is 29.8 Å². The van der Waals surface area contributed by atoms with E-state index in [-0.39, 0.29) is 5.75 Å². The lowest BCUT2D eigenvalue weighted by Crippen LogP contribution is -2.62. The predicted molar refractivity (Wildman–Crippen MR) is 132 cm³/mol. The average molecular weight is 464 g/mol. The van der Waals surface area contributed by atoms with Crippen LogP contribution >= 0.6 is 0 Å². The molecule has 0 amide bonds. The van der Waals surface area contributed by atoms with E-state index in [0.29, 0.717) is 23.3 Å². The Morgan fingerprint density at radius 3 is 2.19 bits per heavy atom. The molecule has 0 spiro atoms. The lowest BCUT2D eigenvalue weighted by molar-refractivity contribution is -0.928. The molecule has 0 unspecified atom stereocenters. The van der Waals surface area contributed by atoms with Crippen LogP contribution in [0.15, 0.2) is 24.3 Å². The zero-order chi connectivity index (χ0) is 23.2. The van der Waals surface area contributed by atoms with Gasteiger partial charge in [-0.1, -0.05) is 45.9 Å². The highest BCUT2D eigenvalue weighted by molar-refractivity contribution is 7.85. The maximum absolute atomic E-state index is 11.5. The van der Waals surface area contributed by atoms with Gasteiger partial charge >= 0.3 is 0 Å². The highest BCUT2D eigenvalue weighted by Crippen LogP contribution is 2.53. The first kappa shape index (κ1) is 24.0. The van der Waals surface area contributed by atoms with Gasteiger partial charge in [-0.15, -0.1) is 0 Å². The number of para-hydroxylation sites is 1. The van der Waals surface area contributed by atoms with Crippen LogP contribution in [0.1, 0.15) is 71.3 Å². The second kappa shape index (κ2) is 8.59. The molecule has 0 bridgehead atoms. The van der Waals surface area contributed by atoms with E-state index >= 15 is 0 Å². The van der Waals surface area contributed by atoms with Crippen LogP contribution in [0.25, 0.3) is 0 Å². The van der Waals surface area contributed by atoms with E-state index in [0.717, 1.165) is 43.1 Å². The zero-order valence-electron chi connectivity index (χ0n) is 20.5. The molecule has 1 aromatic carbocycles. The monoisotopic (exact) mass is 463 g/mol. The second-order valence-electron chi connectivity index (χ2n) is 12.6. The van der Waals surface area contributed by atoms with Crippen molar-refractivity contribution in [1.29, 1.82) is 0 Å². The fourth-order valence-electron chi connectivity index (χ4n) is 6.97. The molecular weight excluding hydrogens is 420 g/mol. The van der Waals surface area contributed by atoms with Gasteiger partial charge in [-0.3, -0.25) is 4.55 Å². The Morgan fingerprint density at radius 2 is 1.62 bits per heavy atom. The molecule has 1 aliphatic heterocycles. The normalized spacial score (nSPS) is 25.6. The summed E-state index contributed by atoms with van der Waals surface area (Å²) in [6, 6.07) is 8.99. The Labute approximate surface area is 195 Å². The van der Waals surface area contributed by atoms with Gasteiger partial charge < -0.3 is 9.38 Å². The molecule has 1 aromatic rings. The number of hydrogen-bond acceptors (Lipinski definition) is 3. The van der Waals surface area contributed by atoms with E-state index in [2.05, 4.69) is 56.9 Å². The molecule has 2 aliphatic carbocycles. The minimum absolute atomic E-state index is 0.122. The van der Waals surface area contributed by atoms with Gasteiger partial charge in [0.2, 0.25) is 0 Å². The van der Waals surface area contributed by atoms with Crippen molar-refractivity contribution in [2.24, 2.45) is 16.7 Å². The minimum Gasteiger partial charge on any atom is -0.360 e. The maximum atomic E-state index is 11.5. The number of hydrogen-bond donors (Lipinski definition) is 1. The highest BCUT2D eigenvalue weighted by Gasteiger charge is 2.42. The van der Waals surface area contributed by atoms with Crippen LogP contribution in [-0.2, 0) is 10.1 Å². The summed E-state index contributed by atoms with van der Waals surface area (Å²) in [7, 11) is -3.92. The number of benzene rings is 1. The largest absolute Gasteiger partial charge is 0.360 e. The molecule has 5 nitrogen and oxygen atoms in total. The quantitative estimate of drug-likeness (QED) is 0.460. The molecule has 32 heavy (non-hydrogen) atoms. The molecule has 0 aromatic heterocycles. The van der Waals surface area contributed by atoms with Crippen LogP contribution in [-0.4, -0.2) is 62.5 Å². The summed E-state index contributed by atoms with van der Waals surface area (Å²) in [6.07, 6.45) is 6.28. The van der Waals surface area contributed by atoms with Crippen LogP contribution in [0.5, 0.6) is 0 Å². The van der Waals surface area contributed by atoms with Crippen LogP contribution in [0.3, 0.4) is 0 Å². The third-order valence-corrected chi connectivity index (χ3v) is 8.83. The highest BCUT2D eigenvalue weighted by atomic mass is 32.2. The number of nitrogens with zero attached hydrogens (tertiary/aromatic N) is 2. The SMILES string of the molecule is CC1(C)CC(c2ccccc2N2CC[N+](CCS(=O)(=O)O)(CC3CC3)CC2)CC(C)(C)C1. The van der Waals surface area contributed by atoms with Crippen molar-refractivity contribution < 1.29 is 17.5 Å². The molecule has 6 heteroatoms. The first-order valence-electron chi connectivity index (χ1n) is 12.5. The van der Waals surface area contributed by atoms with Crippen molar-refractivity contribution in [2.45, 2.75) is 65.7 Å². The summed E-state index contributed by atoms with van der Waals surface area (Å²) in [5, 5.41) is 0. The van der Waals surface area contributed by atoms with E-state index < -0.39 is 10.1 Å². The number of quaternary nitrogens is 1. The molecule has 4 rings (SSSR count). The molecule has 3 aliphatic rings. The van der Waals surface area contributed by atoms with Crippen LogP contribution < -0.4 is 4.90 Å². The van der Waals surface area contributed by atoms with E-state index in [4.69, 9.17) is 0 Å². The fraction of sp³-hybridized carbons (Fsp3) is 0.769. The number of anilines is 1. The lowest BCUT2D eigenvalue weighted by atomic mass is 9.60. The van der Waals surface area contributed by atoms with Crippen molar-refractivity contribution in [2.75, 3.05) is 49.9 Å². The molecular formula is C26H43N2O3S+. The Hall–Kier alpha value is -1.11. The molecule has 0 radical (unpaired) electrons. The minimum atomic E-state index is -3.92. The molecule has 180 valence electrons. The first-order chi connectivity index (χ1) is 14.9. The van der Waals surface area contributed by atoms with Gasteiger partial charge in [0.25, 0.3) is 10.1 Å². The van der Waals surface area contributed by atoms with Gasteiger partial charge in [-0.25, -0.2) is 0 Å². The van der Waals surface area contributed by atoms with Crippen LogP contribution in [0.4, 0.5) is 5.69 Å². The van der Waals surface area contributed by atoms with Gasteiger partial charge in [0, 0.05) is 11.6 Å². The summed E-state index contributed by atoms with van der Waals surface area (Å²) in [5.74, 6) is 1.20. The predicted octanol–water partition coefficient (Wildman–Crippen LogP) is 4.94. The van der Waals surface area contributed by atoms with Crippen LogP contribution in [0, 0.1) is 16.7 Å². The van der Waals surface area contributed by atoms with Crippen LogP contribution in [0.2, 0.25) is 0 Å². The second-order valence-corrected chi connectivity index (χ2v) is 14.2. The third-order valence-electron chi connectivity index (χ3n) is 8.13. The Kier molecular flexibility index (Phi) is 6.45. The van der Waals surface area contributed by atoms with Gasteiger partial charge in [-0.05, 0) is 60.5 Å². The topological polar surface area (TPSA) is 57.6 Å². The summed E-state index contributed by atoms with van der Waals surface area (Å²) in [5.41, 5.74) is 3.58. The summed E-state index contributed by atoms with van der Waals surface area (Å²) in [4.78, 5) is 2.54. The Morgan fingerprint density at radius 1 is 1.03 bits per heavy atom. The number of piperazine rings is 1. The fourth-order valence-corrected chi connectivity index (χ4v) is 7.59. The summed E-state index contributed by atoms with van der Waals surface area (Å²) < 4.78 is 33.1.